The normalized spacial score (nSPS) is 23.8. The van der Waals surface area contributed by atoms with Crippen molar-refractivity contribution in [2.45, 2.75) is 51.2 Å². The van der Waals surface area contributed by atoms with Gasteiger partial charge in [-0.15, -0.1) is 0 Å². The summed E-state index contributed by atoms with van der Waals surface area (Å²) in [5.74, 6) is 0. The van der Waals surface area contributed by atoms with Crippen LogP contribution in [0, 0.1) is 0 Å². The Labute approximate surface area is 86.8 Å². The molecule has 0 amide bonds. The average molecular weight is 201 g/mol. The van der Waals surface area contributed by atoms with E-state index in [9.17, 15) is 5.11 Å². The second-order valence-electron chi connectivity index (χ2n) is 4.80. The predicted molar refractivity (Wildman–Crippen MR) is 57.4 cm³/mol. The number of nitrogens with one attached hydrogen (secondary N) is 1. The van der Waals surface area contributed by atoms with Gasteiger partial charge in [0, 0.05) is 12.6 Å². The number of aliphatic hydroxyl groups is 1. The van der Waals surface area contributed by atoms with E-state index in [1.807, 2.05) is 0 Å². The Morgan fingerprint density at radius 1 is 1.43 bits per heavy atom. The molecule has 1 unspecified atom stereocenters. The van der Waals surface area contributed by atoms with Crippen molar-refractivity contribution in [2.75, 3.05) is 19.8 Å². The molecule has 0 bridgehead atoms. The fraction of sp³-hybridized carbons (Fsp3) is 1.00. The lowest BCUT2D eigenvalue weighted by Crippen LogP contribution is -2.35. The highest BCUT2D eigenvalue weighted by atomic mass is 16.5. The maximum absolute atomic E-state index is 9.41. The van der Waals surface area contributed by atoms with E-state index >= 15 is 0 Å². The van der Waals surface area contributed by atoms with Gasteiger partial charge in [0.05, 0.1) is 12.2 Å². The smallest absolute Gasteiger partial charge is 0.0824 e. The average Bonchev–Trinajstić information content (AvgIpc) is 2.13. The molecule has 0 aromatic heterocycles. The highest BCUT2D eigenvalue weighted by Gasteiger charge is 2.14. The monoisotopic (exact) mass is 201 g/mol. The predicted octanol–water partition coefficient (Wildman–Crippen LogP) is 1.31. The van der Waals surface area contributed by atoms with Crippen molar-refractivity contribution in [3.8, 4) is 0 Å². The largest absolute Gasteiger partial charge is 0.388 e. The molecule has 0 spiro atoms. The van der Waals surface area contributed by atoms with Crippen molar-refractivity contribution < 1.29 is 9.84 Å². The molecule has 1 aliphatic rings. The molecule has 0 radical (unpaired) electrons. The number of ether oxygens (including phenoxy) is 1. The third-order valence-corrected chi connectivity index (χ3v) is 2.48. The Kier molecular flexibility index (Phi) is 4.85. The Hall–Kier alpha value is -0.120. The SMILES string of the molecule is CC(C)(O)COCCC1CCCCN1. The molecular weight excluding hydrogens is 178 g/mol. The van der Waals surface area contributed by atoms with Gasteiger partial charge >= 0.3 is 0 Å². The number of hydrogen-bond acceptors (Lipinski definition) is 3. The lowest BCUT2D eigenvalue weighted by Gasteiger charge is -2.24. The summed E-state index contributed by atoms with van der Waals surface area (Å²) >= 11 is 0. The second kappa shape index (κ2) is 5.69. The first kappa shape index (κ1) is 12.0. The van der Waals surface area contributed by atoms with Crippen molar-refractivity contribution in [1.82, 2.24) is 5.32 Å². The van der Waals surface area contributed by atoms with Crippen LogP contribution >= 0.6 is 0 Å². The van der Waals surface area contributed by atoms with Gasteiger partial charge in [0.2, 0.25) is 0 Å². The molecule has 1 saturated heterocycles. The van der Waals surface area contributed by atoms with Crippen LogP contribution in [0.25, 0.3) is 0 Å². The van der Waals surface area contributed by atoms with Crippen LogP contribution < -0.4 is 5.32 Å². The Balaban J connectivity index is 1.97. The highest BCUT2D eigenvalue weighted by Crippen LogP contribution is 2.10. The van der Waals surface area contributed by atoms with Gasteiger partial charge in [-0.25, -0.2) is 0 Å². The van der Waals surface area contributed by atoms with Crippen LogP contribution in [0.3, 0.4) is 0 Å². The third-order valence-electron chi connectivity index (χ3n) is 2.48. The lowest BCUT2D eigenvalue weighted by molar-refractivity contribution is -0.0231. The van der Waals surface area contributed by atoms with Crippen LogP contribution in [0.5, 0.6) is 0 Å². The van der Waals surface area contributed by atoms with Crippen LogP contribution in [-0.4, -0.2) is 36.5 Å². The molecular formula is C11H23NO2. The van der Waals surface area contributed by atoms with Gasteiger partial charge in [0.15, 0.2) is 0 Å². The summed E-state index contributed by atoms with van der Waals surface area (Å²) in [6.45, 7) is 5.87. The summed E-state index contributed by atoms with van der Waals surface area (Å²) < 4.78 is 5.41. The molecule has 0 aliphatic carbocycles. The fourth-order valence-corrected chi connectivity index (χ4v) is 1.72. The molecule has 1 fully saturated rings. The van der Waals surface area contributed by atoms with Gasteiger partial charge in [0.1, 0.15) is 0 Å². The van der Waals surface area contributed by atoms with E-state index in [1.165, 1.54) is 19.3 Å². The van der Waals surface area contributed by atoms with Gasteiger partial charge in [-0.05, 0) is 39.7 Å². The summed E-state index contributed by atoms with van der Waals surface area (Å²) in [4.78, 5) is 0. The van der Waals surface area contributed by atoms with E-state index in [2.05, 4.69) is 5.32 Å². The van der Waals surface area contributed by atoms with E-state index in [0.29, 0.717) is 12.6 Å². The van der Waals surface area contributed by atoms with Gasteiger partial charge in [-0.1, -0.05) is 6.42 Å². The Bertz CT molecular complexity index is 148. The standard InChI is InChI=1S/C11H23NO2/c1-11(2,13)9-14-8-6-10-5-3-4-7-12-10/h10,12-13H,3-9H2,1-2H3. The fourth-order valence-electron chi connectivity index (χ4n) is 1.72. The Morgan fingerprint density at radius 2 is 2.21 bits per heavy atom. The van der Waals surface area contributed by atoms with Crippen molar-refractivity contribution >= 4 is 0 Å². The van der Waals surface area contributed by atoms with Crippen molar-refractivity contribution in [2.24, 2.45) is 0 Å². The van der Waals surface area contributed by atoms with E-state index in [4.69, 9.17) is 4.74 Å². The minimum atomic E-state index is -0.694. The van der Waals surface area contributed by atoms with Crippen LogP contribution in [0.2, 0.25) is 0 Å². The second-order valence-corrected chi connectivity index (χ2v) is 4.80. The third kappa shape index (κ3) is 5.58. The summed E-state index contributed by atoms with van der Waals surface area (Å²) in [6.07, 6.45) is 4.98. The summed E-state index contributed by atoms with van der Waals surface area (Å²) in [5, 5.41) is 12.9. The lowest BCUT2D eigenvalue weighted by atomic mass is 10.0. The molecule has 14 heavy (non-hydrogen) atoms. The molecule has 2 N–H and O–H groups in total. The Morgan fingerprint density at radius 3 is 2.79 bits per heavy atom. The molecule has 3 nitrogen and oxygen atoms in total. The molecule has 0 aromatic carbocycles. The molecule has 3 heteroatoms. The van der Waals surface area contributed by atoms with Crippen molar-refractivity contribution in [3.63, 3.8) is 0 Å². The van der Waals surface area contributed by atoms with E-state index < -0.39 is 5.60 Å². The van der Waals surface area contributed by atoms with E-state index in [1.54, 1.807) is 13.8 Å². The zero-order chi connectivity index (χ0) is 10.4. The topological polar surface area (TPSA) is 41.5 Å². The van der Waals surface area contributed by atoms with Crippen LogP contribution in [-0.2, 0) is 4.74 Å². The summed E-state index contributed by atoms with van der Waals surface area (Å²) in [5.41, 5.74) is -0.694. The van der Waals surface area contributed by atoms with E-state index in [0.717, 1.165) is 19.6 Å². The van der Waals surface area contributed by atoms with E-state index in [-0.39, 0.29) is 0 Å². The molecule has 1 atom stereocenters. The molecule has 84 valence electrons. The number of rotatable bonds is 5. The first-order valence-corrected chi connectivity index (χ1v) is 5.61. The van der Waals surface area contributed by atoms with Crippen molar-refractivity contribution in [1.29, 1.82) is 0 Å². The quantitative estimate of drug-likeness (QED) is 0.659. The molecule has 1 aliphatic heterocycles. The van der Waals surface area contributed by atoms with Gasteiger partial charge in [-0.3, -0.25) is 0 Å². The first-order valence-electron chi connectivity index (χ1n) is 5.61. The van der Waals surface area contributed by atoms with Crippen LogP contribution in [0.15, 0.2) is 0 Å². The number of hydrogen-bond donors (Lipinski definition) is 2. The molecule has 1 heterocycles. The molecule has 1 rings (SSSR count). The first-order chi connectivity index (χ1) is 6.58. The van der Waals surface area contributed by atoms with Gasteiger partial charge in [0.25, 0.3) is 0 Å². The van der Waals surface area contributed by atoms with Crippen LogP contribution in [0.1, 0.15) is 39.5 Å². The minimum absolute atomic E-state index is 0.430. The van der Waals surface area contributed by atoms with Crippen LogP contribution in [0.4, 0.5) is 0 Å². The maximum Gasteiger partial charge on any atom is 0.0824 e. The highest BCUT2D eigenvalue weighted by molar-refractivity contribution is 4.72. The molecule has 0 aromatic rings. The molecule has 0 saturated carbocycles. The van der Waals surface area contributed by atoms with Crippen molar-refractivity contribution in [3.05, 3.63) is 0 Å². The van der Waals surface area contributed by atoms with Gasteiger partial charge < -0.3 is 15.2 Å². The summed E-state index contributed by atoms with van der Waals surface area (Å²) in [6, 6.07) is 0.630. The zero-order valence-electron chi connectivity index (χ0n) is 9.38. The minimum Gasteiger partial charge on any atom is -0.388 e. The summed E-state index contributed by atoms with van der Waals surface area (Å²) in [7, 11) is 0. The van der Waals surface area contributed by atoms with Gasteiger partial charge in [-0.2, -0.15) is 0 Å². The number of piperidine rings is 1. The maximum atomic E-state index is 9.41. The zero-order valence-corrected chi connectivity index (χ0v) is 9.38.